The van der Waals surface area contributed by atoms with E-state index in [1.807, 2.05) is 0 Å². The lowest BCUT2D eigenvalue weighted by Gasteiger charge is -2.17. The quantitative estimate of drug-likeness (QED) is 0.717. The number of benzene rings is 2. The number of rotatable bonds is 3. The molecule has 2 heterocycles. The van der Waals surface area contributed by atoms with Crippen molar-refractivity contribution in [1.29, 1.82) is 0 Å². The molecule has 2 amide bonds. The fraction of sp³-hybridized carbons (Fsp3) is 0.111. The van der Waals surface area contributed by atoms with Gasteiger partial charge < -0.3 is 4.74 Å². The third-order valence-electron chi connectivity index (χ3n) is 3.90. The lowest BCUT2D eigenvalue weighted by atomic mass is 10.2. The highest BCUT2D eigenvalue weighted by Gasteiger charge is 2.28. The van der Waals surface area contributed by atoms with Crippen LogP contribution in [0.4, 0.5) is 24.4 Å². The molecule has 8 heteroatoms. The summed E-state index contributed by atoms with van der Waals surface area (Å²) < 4.78 is 32.7. The van der Waals surface area contributed by atoms with Crippen molar-refractivity contribution in [3.63, 3.8) is 0 Å². The van der Waals surface area contributed by atoms with Crippen molar-refractivity contribution in [2.45, 2.75) is 6.42 Å². The van der Waals surface area contributed by atoms with E-state index in [9.17, 15) is 13.6 Å². The van der Waals surface area contributed by atoms with Crippen LogP contribution in [0.15, 0.2) is 48.7 Å². The molecule has 132 valence electrons. The van der Waals surface area contributed by atoms with Gasteiger partial charge in [-0.2, -0.15) is 0 Å². The Morgan fingerprint density at radius 3 is 2.92 bits per heavy atom. The highest BCUT2D eigenvalue weighted by molar-refractivity contribution is 7.17. The lowest BCUT2D eigenvalue weighted by Crippen LogP contribution is -2.33. The van der Waals surface area contributed by atoms with Gasteiger partial charge in [0.05, 0.1) is 11.9 Å². The molecule has 26 heavy (non-hydrogen) atoms. The molecule has 0 unspecified atom stereocenters. The SMILES string of the molecule is O=C(Nc1ncc(Oc2cccc(F)c2)s1)N1CCc2cccc(F)c21. The molecule has 0 atom stereocenters. The Bertz CT molecular complexity index is 977. The van der Waals surface area contributed by atoms with Gasteiger partial charge in [-0.1, -0.05) is 29.5 Å². The summed E-state index contributed by atoms with van der Waals surface area (Å²) in [6.07, 6.45) is 2.04. The summed E-state index contributed by atoms with van der Waals surface area (Å²) in [5.41, 5.74) is 1.10. The van der Waals surface area contributed by atoms with Crippen molar-refractivity contribution in [1.82, 2.24) is 4.98 Å². The van der Waals surface area contributed by atoms with Gasteiger partial charge in [-0.25, -0.2) is 18.6 Å². The van der Waals surface area contributed by atoms with Crippen LogP contribution in [0, 0.1) is 11.6 Å². The standard InChI is InChI=1S/C18H13F2N3O2S/c19-12-4-2-5-13(9-12)25-15-10-21-17(26-15)22-18(24)23-8-7-11-3-1-6-14(20)16(11)23/h1-6,9-10H,7-8H2,(H,21,22,24). The van der Waals surface area contributed by atoms with E-state index in [-0.39, 0.29) is 0 Å². The summed E-state index contributed by atoms with van der Waals surface area (Å²) in [6.45, 7) is 0.403. The highest BCUT2D eigenvalue weighted by Crippen LogP contribution is 2.33. The Hall–Kier alpha value is -3.00. The van der Waals surface area contributed by atoms with Crippen molar-refractivity contribution in [3.05, 3.63) is 65.9 Å². The van der Waals surface area contributed by atoms with Crippen LogP contribution in [0.3, 0.4) is 0 Å². The number of ether oxygens (including phenoxy) is 1. The second-order valence-corrected chi connectivity index (χ2v) is 6.62. The van der Waals surface area contributed by atoms with E-state index in [1.54, 1.807) is 18.2 Å². The Labute approximate surface area is 151 Å². The Balaban J connectivity index is 1.46. The minimum absolute atomic E-state index is 0.304. The molecule has 0 radical (unpaired) electrons. The zero-order valence-electron chi connectivity index (χ0n) is 13.4. The van der Waals surface area contributed by atoms with Crippen LogP contribution in [0.2, 0.25) is 0 Å². The largest absolute Gasteiger partial charge is 0.445 e. The number of amides is 2. The highest BCUT2D eigenvalue weighted by atomic mass is 32.1. The van der Waals surface area contributed by atoms with Crippen LogP contribution < -0.4 is 15.0 Å². The van der Waals surface area contributed by atoms with Crippen LogP contribution in [0.5, 0.6) is 10.8 Å². The van der Waals surface area contributed by atoms with Gasteiger partial charge in [0.15, 0.2) is 5.13 Å². The number of halogens is 2. The number of urea groups is 1. The van der Waals surface area contributed by atoms with E-state index in [4.69, 9.17) is 4.74 Å². The van der Waals surface area contributed by atoms with Crippen molar-refractivity contribution in [2.75, 3.05) is 16.8 Å². The Kier molecular flexibility index (Phi) is 4.26. The van der Waals surface area contributed by atoms with Crippen molar-refractivity contribution >= 4 is 28.2 Å². The summed E-state index contributed by atoms with van der Waals surface area (Å²) in [5, 5.41) is 3.36. The molecule has 2 aromatic carbocycles. The maximum Gasteiger partial charge on any atom is 0.328 e. The van der Waals surface area contributed by atoms with Crippen LogP contribution in [0.25, 0.3) is 0 Å². The second kappa shape index (κ2) is 6.72. The molecule has 0 spiro atoms. The van der Waals surface area contributed by atoms with Crippen LogP contribution in [0.1, 0.15) is 5.56 Å². The number of fused-ring (bicyclic) bond motifs is 1. The van der Waals surface area contributed by atoms with Crippen molar-refractivity contribution in [3.8, 4) is 10.8 Å². The van der Waals surface area contributed by atoms with Crippen molar-refractivity contribution in [2.24, 2.45) is 0 Å². The first kappa shape index (κ1) is 16.5. The van der Waals surface area contributed by atoms with Gasteiger partial charge in [-0.3, -0.25) is 10.2 Å². The van der Waals surface area contributed by atoms with Gasteiger partial charge in [-0.15, -0.1) is 0 Å². The Morgan fingerprint density at radius 2 is 2.08 bits per heavy atom. The number of anilines is 2. The first-order valence-electron chi connectivity index (χ1n) is 7.85. The number of para-hydroxylation sites is 1. The maximum absolute atomic E-state index is 14.0. The zero-order chi connectivity index (χ0) is 18.1. The van der Waals surface area contributed by atoms with Crippen LogP contribution in [-0.4, -0.2) is 17.6 Å². The van der Waals surface area contributed by atoms with E-state index >= 15 is 0 Å². The van der Waals surface area contributed by atoms with Gasteiger partial charge in [-0.05, 0) is 30.2 Å². The van der Waals surface area contributed by atoms with Gasteiger partial charge in [0.1, 0.15) is 17.4 Å². The number of hydrogen-bond acceptors (Lipinski definition) is 4. The first-order valence-corrected chi connectivity index (χ1v) is 8.67. The third kappa shape index (κ3) is 3.23. The summed E-state index contributed by atoms with van der Waals surface area (Å²) in [6, 6.07) is 10.0. The molecule has 0 fully saturated rings. The third-order valence-corrected chi connectivity index (χ3v) is 4.69. The number of aromatic nitrogens is 1. The molecule has 1 aliphatic rings. The van der Waals surface area contributed by atoms with E-state index in [0.717, 1.165) is 16.9 Å². The summed E-state index contributed by atoms with van der Waals surface area (Å²) in [4.78, 5) is 17.9. The van der Waals surface area contributed by atoms with Crippen LogP contribution in [-0.2, 0) is 6.42 Å². The minimum atomic E-state index is -0.458. The fourth-order valence-electron chi connectivity index (χ4n) is 2.78. The predicted molar refractivity (Wildman–Crippen MR) is 95.1 cm³/mol. The number of thiazole rings is 1. The molecule has 0 aliphatic carbocycles. The van der Waals surface area contributed by atoms with Gasteiger partial charge >= 0.3 is 6.03 Å². The van der Waals surface area contributed by atoms with E-state index in [1.165, 1.54) is 35.4 Å². The molecule has 5 nitrogen and oxygen atoms in total. The molecule has 3 aromatic rings. The average Bonchev–Trinajstić information content (AvgIpc) is 3.22. The van der Waals surface area contributed by atoms with Gasteiger partial charge in [0, 0.05) is 12.6 Å². The number of hydrogen-bond donors (Lipinski definition) is 1. The molecule has 1 N–H and O–H groups in total. The van der Waals surface area contributed by atoms with Gasteiger partial charge in [0.25, 0.3) is 0 Å². The lowest BCUT2D eigenvalue weighted by molar-refractivity contribution is 0.257. The zero-order valence-corrected chi connectivity index (χ0v) is 14.2. The monoisotopic (exact) mass is 373 g/mol. The second-order valence-electron chi connectivity index (χ2n) is 5.62. The molecule has 1 aromatic heterocycles. The first-order chi connectivity index (χ1) is 12.6. The summed E-state index contributed by atoms with van der Waals surface area (Å²) >= 11 is 1.10. The maximum atomic E-state index is 14.0. The Morgan fingerprint density at radius 1 is 1.23 bits per heavy atom. The predicted octanol–water partition coefficient (Wildman–Crippen LogP) is 4.81. The van der Waals surface area contributed by atoms with E-state index < -0.39 is 17.7 Å². The molecular formula is C18H13F2N3O2S. The smallest absolute Gasteiger partial charge is 0.328 e. The van der Waals surface area contributed by atoms with Crippen LogP contribution >= 0.6 is 11.3 Å². The topological polar surface area (TPSA) is 54.5 Å². The number of nitrogens with one attached hydrogen (secondary N) is 1. The van der Waals surface area contributed by atoms with E-state index in [0.29, 0.717) is 34.6 Å². The molecular weight excluding hydrogens is 360 g/mol. The fourth-order valence-corrected chi connectivity index (χ4v) is 3.46. The number of carbonyl (C=O) groups is 1. The molecule has 0 saturated carbocycles. The number of nitrogens with zero attached hydrogens (tertiary/aromatic N) is 2. The molecule has 1 aliphatic heterocycles. The minimum Gasteiger partial charge on any atom is -0.445 e. The molecule has 0 saturated heterocycles. The van der Waals surface area contributed by atoms with E-state index in [2.05, 4.69) is 10.3 Å². The summed E-state index contributed by atoms with van der Waals surface area (Å²) in [7, 11) is 0. The normalized spacial score (nSPS) is 12.8. The average molecular weight is 373 g/mol. The summed E-state index contributed by atoms with van der Waals surface area (Å²) in [5.74, 6) is -0.498. The molecule has 0 bridgehead atoms. The molecule has 4 rings (SSSR count). The van der Waals surface area contributed by atoms with Crippen molar-refractivity contribution < 1.29 is 18.3 Å². The number of carbonyl (C=O) groups excluding carboxylic acids is 1. The van der Waals surface area contributed by atoms with Gasteiger partial charge in [0.2, 0.25) is 5.06 Å².